The molecule has 2 atom stereocenters. The van der Waals surface area contributed by atoms with Crippen molar-refractivity contribution in [2.45, 2.75) is 32.2 Å². The van der Waals surface area contributed by atoms with E-state index in [0.29, 0.717) is 23.5 Å². The first kappa shape index (κ1) is 12.7. The molecule has 2 unspecified atom stereocenters. The van der Waals surface area contributed by atoms with Gasteiger partial charge in [0.25, 0.3) is 0 Å². The molecule has 0 aromatic heterocycles. The van der Waals surface area contributed by atoms with Crippen LogP contribution in [0.4, 0.5) is 0 Å². The Hall–Kier alpha value is -0.350. The maximum Gasteiger partial charge on any atom is 0.150 e. The van der Waals surface area contributed by atoms with Crippen LogP contribution in [0.15, 0.2) is 12.7 Å². The van der Waals surface area contributed by atoms with Gasteiger partial charge in [-0.1, -0.05) is 13.0 Å². The molecule has 0 aromatic carbocycles. The highest BCUT2D eigenvalue weighted by molar-refractivity contribution is 7.91. The maximum atomic E-state index is 11.4. The molecule has 1 aliphatic rings. The molecule has 0 spiro atoms. The van der Waals surface area contributed by atoms with Crippen molar-refractivity contribution in [2.75, 3.05) is 18.1 Å². The molecule has 0 radical (unpaired) electrons. The minimum absolute atomic E-state index is 0.301. The lowest BCUT2D eigenvalue weighted by atomic mass is 9.95. The van der Waals surface area contributed by atoms with E-state index in [1.54, 1.807) is 0 Å². The van der Waals surface area contributed by atoms with Crippen molar-refractivity contribution >= 4 is 9.84 Å². The third-order valence-corrected chi connectivity index (χ3v) is 4.78. The Morgan fingerprint density at radius 3 is 2.80 bits per heavy atom. The monoisotopic (exact) mass is 231 g/mol. The van der Waals surface area contributed by atoms with Crippen LogP contribution in [0.3, 0.4) is 0 Å². The van der Waals surface area contributed by atoms with E-state index in [2.05, 4.69) is 18.8 Å². The zero-order chi connectivity index (χ0) is 11.3. The van der Waals surface area contributed by atoms with E-state index in [4.69, 9.17) is 0 Å². The van der Waals surface area contributed by atoms with Gasteiger partial charge in [-0.25, -0.2) is 8.42 Å². The van der Waals surface area contributed by atoms with Gasteiger partial charge in [0.2, 0.25) is 0 Å². The molecule has 4 heteroatoms. The third-order valence-electron chi connectivity index (χ3n) is 2.98. The second-order valence-corrected chi connectivity index (χ2v) is 6.42. The molecule has 3 nitrogen and oxygen atoms in total. The number of nitrogens with one attached hydrogen (secondary N) is 1. The van der Waals surface area contributed by atoms with Crippen LogP contribution in [0.5, 0.6) is 0 Å². The van der Waals surface area contributed by atoms with Crippen molar-refractivity contribution in [3.05, 3.63) is 12.7 Å². The van der Waals surface area contributed by atoms with E-state index < -0.39 is 9.84 Å². The lowest BCUT2D eigenvalue weighted by molar-refractivity contribution is 0.370. The highest BCUT2D eigenvalue weighted by Gasteiger charge is 2.32. The summed E-state index contributed by atoms with van der Waals surface area (Å²) in [7, 11) is -2.75. The van der Waals surface area contributed by atoms with Crippen LogP contribution >= 0.6 is 0 Å². The maximum absolute atomic E-state index is 11.4. The zero-order valence-electron chi connectivity index (χ0n) is 9.41. The molecule has 1 fully saturated rings. The van der Waals surface area contributed by atoms with Gasteiger partial charge in [-0.05, 0) is 31.7 Å². The fourth-order valence-corrected chi connectivity index (χ4v) is 4.08. The molecular weight excluding hydrogens is 210 g/mol. The molecule has 1 N–H and O–H groups in total. The molecule has 1 saturated heterocycles. The van der Waals surface area contributed by atoms with Crippen molar-refractivity contribution in [2.24, 2.45) is 5.92 Å². The normalized spacial score (nSPS) is 26.3. The summed E-state index contributed by atoms with van der Waals surface area (Å²) in [6.07, 6.45) is 4.66. The van der Waals surface area contributed by atoms with Gasteiger partial charge < -0.3 is 5.32 Å². The van der Waals surface area contributed by atoms with Gasteiger partial charge in [0.05, 0.1) is 11.5 Å². The van der Waals surface area contributed by atoms with Gasteiger partial charge >= 0.3 is 0 Å². The summed E-state index contributed by atoms with van der Waals surface area (Å²) < 4.78 is 22.8. The average molecular weight is 231 g/mol. The second kappa shape index (κ2) is 5.66. The lowest BCUT2D eigenvalue weighted by Crippen LogP contribution is -2.36. The summed E-state index contributed by atoms with van der Waals surface area (Å²) in [5.74, 6) is 1.03. The topological polar surface area (TPSA) is 46.2 Å². The largest absolute Gasteiger partial charge is 0.314 e. The first-order valence-corrected chi connectivity index (χ1v) is 7.46. The Morgan fingerprint density at radius 2 is 2.33 bits per heavy atom. The fourth-order valence-electron chi connectivity index (χ4n) is 2.21. The van der Waals surface area contributed by atoms with E-state index in [1.165, 1.54) is 0 Å². The number of hydrogen-bond acceptors (Lipinski definition) is 3. The molecule has 1 rings (SSSR count). The summed E-state index contributed by atoms with van der Waals surface area (Å²) in [6, 6.07) is 0.338. The van der Waals surface area contributed by atoms with E-state index in [-0.39, 0.29) is 0 Å². The Bertz CT molecular complexity index is 298. The number of hydrogen-bond donors (Lipinski definition) is 1. The summed E-state index contributed by atoms with van der Waals surface area (Å²) in [5, 5.41) is 3.38. The molecule has 0 bridgehead atoms. The second-order valence-electron chi connectivity index (χ2n) is 4.19. The van der Waals surface area contributed by atoms with Crippen molar-refractivity contribution in [1.82, 2.24) is 5.32 Å². The molecule has 1 aliphatic heterocycles. The van der Waals surface area contributed by atoms with E-state index in [1.807, 2.05) is 6.08 Å². The van der Waals surface area contributed by atoms with E-state index >= 15 is 0 Å². The molecule has 1 heterocycles. The lowest BCUT2D eigenvalue weighted by Gasteiger charge is -2.22. The summed E-state index contributed by atoms with van der Waals surface area (Å²) >= 11 is 0. The van der Waals surface area contributed by atoms with E-state index in [0.717, 1.165) is 25.8 Å². The summed E-state index contributed by atoms with van der Waals surface area (Å²) in [6.45, 7) is 6.66. The fraction of sp³-hybridized carbons (Fsp3) is 0.818. The molecule has 88 valence electrons. The molecule has 15 heavy (non-hydrogen) atoms. The number of rotatable bonds is 6. The highest BCUT2D eigenvalue weighted by atomic mass is 32.2. The molecular formula is C11H21NO2S. The number of sulfone groups is 1. The first-order chi connectivity index (χ1) is 7.09. The van der Waals surface area contributed by atoms with Gasteiger partial charge in [0.1, 0.15) is 0 Å². The molecule has 0 aliphatic carbocycles. The van der Waals surface area contributed by atoms with Gasteiger partial charge in [-0.15, -0.1) is 6.58 Å². The minimum atomic E-state index is -2.75. The van der Waals surface area contributed by atoms with Gasteiger partial charge in [0, 0.05) is 6.04 Å². The van der Waals surface area contributed by atoms with Crippen molar-refractivity contribution in [3.63, 3.8) is 0 Å². The van der Waals surface area contributed by atoms with Crippen molar-refractivity contribution in [3.8, 4) is 0 Å². The Labute approximate surface area is 92.9 Å². The minimum Gasteiger partial charge on any atom is -0.314 e. The van der Waals surface area contributed by atoms with Gasteiger partial charge in [-0.2, -0.15) is 0 Å². The van der Waals surface area contributed by atoms with Gasteiger partial charge in [0.15, 0.2) is 9.84 Å². The van der Waals surface area contributed by atoms with E-state index in [9.17, 15) is 8.42 Å². The van der Waals surface area contributed by atoms with Crippen LogP contribution < -0.4 is 5.32 Å². The predicted molar refractivity (Wildman–Crippen MR) is 63.7 cm³/mol. The van der Waals surface area contributed by atoms with Crippen LogP contribution in [0.2, 0.25) is 0 Å². The standard InChI is InChI=1S/C11H21NO2S/c1-3-5-6-11(12-4-2)10-7-8-15(13,14)9-10/h3,10-12H,1,4-9H2,2H3. The molecule has 0 amide bonds. The van der Waals surface area contributed by atoms with Crippen LogP contribution in [0.1, 0.15) is 26.2 Å². The Morgan fingerprint density at radius 1 is 1.60 bits per heavy atom. The average Bonchev–Trinajstić information content (AvgIpc) is 2.53. The summed E-state index contributed by atoms with van der Waals surface area (Å²) in [4.78, 5) is 0. The molecule has 0 saturated carbocycles. The zero-order valence-corrected chi connectivity index (χ0v) is 10.2. The number of allylic oxidation sites excluding steroid dienone is 1. The first-order valence-electron chi connectivity index (χ1n) is 5.63. The van der Waals surface area contributed by atoms with Crippen molar-refractivity contribution < 1.29 is 8.42 Å². The third kappa shape index (κ3) is 3.95. The summed E-state index contributed by atoms with van der Waals surface area (Å²) in [5.41, 5.74) is 0. The van der Waals surface area contributed by atoms with Crippen LogP contribution in [-0.4, -0.2) is 32.5 Å². The quantitative estimate of drug-likeness (QED) is 0.702. The highest BCUT2D eigenvalue weighted by Crippen LogP contribution is 2.24. The van der Waals surface area contributed by atoms with Crippen LogP contribution in [0, 0.1) is 5.92 Å². The SMILES string of the molecule is C=CCCC(NCC)C1CCS(=O)(=O)C1. The molecule has 0 aromatic rings. The van der Waals surface area contributed by atoms with Crippen molar-refractivity contribution in [1.29, 1.82) is 0 Å². The smallest absolute Gasteiger partial charge is 0.150 e. The Balaban J connectivity index is 2.52. The van der Waals surface area contributed by atoms with Crippen LogP contribution in [0.25, 0.3) is 0 Å². The predicted octanol–water partition coefficient (Wildman–Crippen LogP) is 1.37. The van der Waals surface area contributed by atoms with Gasteiger partial charge in [-0.3, -0.25) is 0 Å². The Kier molecular flexibility index (Phi) is 4.80. The van der Waals surface area contributed by atoms with Crippen LogP contribution in [-0.2, 0) is 9.84 Å².